The predicted molar refractivity (Wildman–Crippen MR) is 100 cm³/mol. The average Bonchev–Trinajstić information content (AvgIpc) is 2.70. The van der Waals surface area contributed by atoms with Crippen molar-refractivity contribution in [3.63, 3.8) is 0 Å². The fourth-order valence-electron chi connectivity index (χ4n) is 2.33. The Kier molecular flexibility index (Phi) is 18.7. The summed E-state index contributed by atoms with van der Waals surface area (Å²) in [5.41, 5.74) is 0. The summed E-state index contributed by atoms with van der Waals surface area (Å²) in [7, 11) is 0. The fraction of sp³-hybridized carbons (Fsp3) is 1.00. The third-order valence-electron chi connectivity index (χ3n) is 3.73. The molecule has 1 atom stereocenters. The van der Waals surface area contributed by atoms with Gasteiger partial charge in [-0.3, -0.25) is 0 Å². The highest BCUT2D eigenvalue weighted by Crippen LogP contribution is 2.13. The van der Waals surface area contributed by atoms with Gasteiger partial charge >= 0.3 is 0 Å². The quantitative estimate of drug-likeness (QED) is 0.289. The summed E-state index contributed by atoms with van der Waals surface area (Å²) in [6, 6.07) is 0. The topological polar surface area (TPSA) is 73.8 Å². The second-order valence-electron chi connectivity index (χ2n) is 5.93. The molecule has 1 aliphatic heterocycles. The molecule has 0 saturated carbocycles. The normalized spacial score (nSPS) is 17.4. The van der Waals surface area contributed by atoms with E-state index < -0.39 is 0 Å². The molecule has 27 heavy (non-hydrogen) atoms. The molecule has 0 bridgehead atoms. The molecule has 1 fully saturated rings. The Morgan fingerprint density at radius 3 is 1.44 bits per heavy atom. The smallest absolute Gasteiger partial charge is 0.157 e. The Hall–Kier alpha value is -0.320. The summed E-state index contributed by atoms with van der Waals surface area (Å²) in [5, 5.41) is 0. The van der Waals surface area contributed by atoms with Crippen LogP contribution in [0.4, 0.5) is 0 Å². The zero-order valence-corrected chi connectivity index (χ0v) is 16.9. The number of hydrogen-bond acceptors (Lipinski definition) is 8. The Morgan fingerprint density at radius 2 is 1.04 bits per heavy atom. The molecule has 0 aliphatic carbocycles. The highest BCUT2D eigenvalue weighted by molar-refractivity contribution is 4.53. The van der Waals surface area contributed by atoms with E-state index in [-0.39, 0.29) is 6.29 Å². The molecule has 0 aromatic carbocycles. The molecule has 1 unspecified atom stereocenters. The summed E-state index contributed by atoms with van der Waals surface area (Å²) in [4.78, 5) is 0. The Morgan fingerprint density at radius 1 is 0.593 bits per heavy atom. The third kappa shape index (κ3) is 17.5. The summed E-state index contributed by atoms with van der Waals surface area (Å²) < 4.78 is 43.3. The maximum Gasteiger partial charge on any atom is 0.157 e. The van der Waals surface area contributed by atoms with Crippen molar-refractivity contribution in [2.75, 3.05) is 92.5 Å². The molecule has 0 spiro atoms. The molecule has 0 N–H and O–H groups in total. The first-order valence-corrected chi connectivity index (χ1v) is 10.1. The van der Waals surface area contributed by atoms with Gasteiger partial charge in [-0.25, -0.2) is 0 Å². The van der Waals surface area contributed by atoms with E-state index in [0.717, 1.165) is 26.1 Å². The standard InChI is InChI=1S/C19H38O8/c1-2-20-7-8-21-9-10-22-11-12-23-13-14-24-15-16-25-17-18-27-19-5-3-4-6-26-19/h19H,2-18H2,1H3. The van der Waals surface area contributed by atoms with Gasteiger partial charge in [-0.2, -0.15) is 0 Å². The molecule has 0 radical (unpaired) electrons. The van der Waals surface area contributed by atoms with Crippen molar-refractivity contribution in [1.29, 1.82) is 0 Å². The Bertz CT molecular complexity index is 287. The van der Waals surface area contributed by atoms with Crippen molar-refractivity contribution >= 4 is 0 Å². The first-order valence-electron chi connectivity index (χ1n) is 10.1. The van der Waals surface area contributed by atoms with Crippen LogP contribution in [0.1, 0.15) is 26.2 Å². The average molecular weight is 395 g/mol. The minimum Gasteiger partial charge on any atom is -0.379 e. The van der Waals surface area contributed by atoms with Crippen molar-refractivity contribution in [3.8, 4) is 0 Å². The van der Waals surface area contributed by atoms with Crippen molar-refractivity contribution in [3.05, 3.63) is 0 Å². The van der Waals surface area contributed by atoms with Crippen LogP contribution in [0, 0.1) is 0 Å². The molecule has 8 nitrogen and oxygen atoms in total. The van der Waals surface area contributed by atoms with Crippen LogP contribution in [-0.4, -0.2) is 98.8 Å². The minimum absolute atomic E-state index is 0.0485. The zero-order chi connectivity index (χ0) is 19.3. The monoisotopic (exact) mass is 394 g/mol. The summed E-state index contributed by atoms with van der Waals surface area (Å²) >= 11 is 0. The molecule has 0 aromatic rings. The van der Waals surface area contributed by atoms with Crippen LogP contribution in [-0.2, 0) is 37.9 Å². The van der Waals surface area contributed by atoms with E-state index in [1.807, 2.05) is 6.92 Å². The van der Waals surface area contributed by atoms with Gasteiger partial charge in [-0.15, -0.1) is 0 Å². The maximum absolute atomic E-state index is 5.58. The maximum atomic E-state index is 5.58. The van der Waals surface area contributed by atoms with Gasteiger partial charge in [0.25, 0.3) is 0 Å². The van der Waals surface area contributed by atoms with Crippen molar-refractivity contribution < 1.29 is 37.9 Å². The predicted octanol–water partition coefficient (Wildman–Crippen LogP) is 1.65. The molecule has 1 saturated heterocycles. The number of hydrogen-bond donors (Lipinski definition) is 0. The first kappa shape index (κ1) is 24.7. The Labute approximate surface area is 163 Å². The molecule has 1 aliphatic rings. The van der Waals surface area contributed by atoms with Crippen LogP contribution in [0.2, 0.25) is 0 Å². The van der Waals surface area contributed by atoms with Crippen LogP contribution < -0.4 is 0 Å². The first-order chi connectivity index (χ1) is 13.4. The minimum atomic E-state index is -0.0485. The zero-order valence-electron chi connectivity index (χ0n) is 16.9. The van der Waals surface area contributed by atoms with Crippen LogP contribution in [0.25, 0.3) is 0 Å². The molecule has 0 aromatic heterocycles. The van der Waals surface area contributed by atoms with Gasteiger partial charge in [0.15, 0.2) is 6.29 Å². The molecule has 162 valence electrons. The molecule has 1 heterocycles. The van der Waals surface area contributed by atoms with Crippen LogP contribution in [0.3, 0.4) is 0 Å². The Balaban J connectivity index is 1.64. The lowest BCUT2D eigenvalue weighted by Gasteiger charge is -2.22. The lowest BCUT2D eigenvalue weighted by Crippen LogP contribution is -2.24. The van der Waals surface area contributed by atoms with E-state index in [0.29, 0.717) is 79.3 Å². The van der Waals surface area contributed by atoms with Crippen molar-refractivity contribution in [2.45, 2.75) is 32.5 Å². The van der Waals surface area contributed by atoms with Crippen LogP contribution >= 0.6 is 0 Å². The van der Waals surface area contributed by atoms with Gasteiger partial charge in [0.2, 0.25) is 0 Å². The van der Waals surface area contributed by atoms with Gasteiger partial charge in [-0.1, -0.05) is 0 Å². The molecular weight excluding hydrogens is 356 g/mol. The second-order valence-corrected chi connectivity index (χ2v) is 5.93. The summed E-state index contributed by atoms with van der Waals surface area (Å²) in [6.07, 6.45) is 3.25. The molecular formula is C19H38O8. The third-order valence-corrected chi connectivity index (χ3v) is 3.73. The van der Waals surface area contributed by atoms with E-state index in [1.165, 1.54) is 6.42 Å². The van der Waals surface area contributed by atoms with E-state index in [9.17, 15) is 0 Å². The SMILES string of the molecule is CCOCCOCCOCCOCCOCCOCCOC1CCCCO1. The highest BCUT2D eigenvalue weighted by Gasteiger charge is 2.13. The lowest BCUT2D eigenvalue weighted by atomic mass is 10.2. The van der Waals surface area contributed by atoms with Crippen LogP contribution in [0.5, 0.6) is 0 Å². The lowest BCUT2D eigenvalue weighted by molar-refractivity contribution is -0.169. The molecule has 0 amide bonds. The van der Waals surface area contributed by atoms with Crippen molar-refractivity contribution in [1.82, 2.24) is 0 Å². The van der Waals surface area contributed by atoms with Gasteiger partial charge in [-0.05, 0) is 26.2 Å². The number of rotatable bonds is 20. The highest BCUT2D eigenvalue weighted by atomic mass is 16.7. The number of ether oxygens (including phenoxy) is 8. The van der Waals surface area contributed by atoms with E-state index in [2.05, 4.69) is 0 Å². The van der Waals surface area contributed by atoms with E-state index in [4.69, 9.17) is 37.9 Å². The van der Waals surface area contributed by atoms with E-state index in [1.54, 1.807) is 0 Å². The van der Waals surface area contributed by atoms with E-state index >= 15 is 0 Å². The van der Waals surface area contributed by atoms with Crippen molar-refractivity contribution in [2.24, 2.45) is 0 Å². The molecule has 1 rings (SSSR count). The molecule has 8 heteroatoms. The van der Waals surface area contributed by atoms with Gasteiger partial charge in [0.05, 0.1) is 79.3 Å². The van der Waals surface area contributed by atoms with Gasteiger partial charge in [0.1, 0.15) is 0 Å². The van der Waals surface area contributed by atoms with Gasteiger partial charge < -0.3 is 37.9 Å². The summed E-state index contributed by atoms with van der Waals surface area (Å²) in [5.74, 6) is 0. The van der Waals surface area contributed by atoms with Crippen LogP contribution in [0.15, 0.2) is 0 Å². The second kappa shape index (κ2) is 20.4. The van der Waals surface area contributed by atoms with Gasteiger partial charge in [0, 0.05) is 13.2 Å². The fourth-order valence-corrected chi connectivity index (χ4v) is 2.33. The largest absolute Gasteiger partial charge is 0.379 e. The summed E-state index contributed by atoms with van der Waals surface area (Å²) in [6.45, 7) is 10.3.